The molecule has 0 aromatic carbocycles. The molecular formula is C81H158O17P2. The molecule has 0 aliphatic heterocycles. The molecule has 594 valence electrons. The highest BCUT2D eigenvalue weighted by molar-refractivity contribution is 7.47. The topological polar surface area (TPSA) is 237 Å². The lowest BCUT2D eigenvalue weighted by molar-refractivity contribution is -0.161. The third-order valence-corrected chi connectivity index (χ3v) is 21.2. The first-order valence-electron chi connectivity index (χ1n) is 42.0. The van der Waals surface area contributed by atoms with Crippen LogP contribution in [0.5, 0.6) is 0 Å². The van der Waals surface area contributed by atoms with E-state index in [4.69, 9.17) is 37.0 Å². The van der Waals surface area contributed by atoms with E-state index >= 15 is 0 Å². The minimum Gasteiger partial charge on any atom is -0.462 e. The summed E-state index contributed by atoms with van der Waals surface area (Å²) in [7, 11) is -9.92. The van der Waals surface area contributed by atoms with Gasteiger partial charge in [-0.2, -0.15) is 0 Å². The van der Waals surface area contributed by atoms with Gasteiger partial charge in [0.25, 0.3) is 0 Å². The summed E-state index contributed by atoms with van der Waals surface area (Å²) in [5.41, 5.74) is 0. The molecule has 3 N–H and O–H groups in total. The molecule has 17 nitrogen and oxygen atoms in total. The summed E-state index contributed by atoms with van der Waals surface area (Å²) in [6.45, 7) is 9.66. The fourth-order valence-electron chi connectivity index (χ4n) is 12.5. The first-order chi connectivity index (χ1) is 48.4. The van der Waals surface area contributed by atoms with Crippen LogP contribution in [0.1, 0.15) is 427 Å². The maximum Gasteiger partial charge on any atom is 0.472 e. The Morgan fingerprint density at radius 2 is 0.510 bits per heavy atom. The van der Waals surface area contributed by atoms with E-state index in [0.29, 0.717) is 25.7 Å². The van der Waals surface area contributed by atoms with Crippen molar-refractivity contribution in [2.45, 2.75) is 445 Å². The van der Waals surface area contributed by atoms with Gasteiger partial charge in [0.15, 0.2) is 12.2 Å². The van der Waals surface area contributed by atoms with E-state index in [1.54, 1.807) is 0 Å². The number of rotatable bonds is 80. The highest BCUT2D eigenvalue weighted by Crippen LogP contribution is 2.45. The SMILES string of the molecule is CCCCCCCCCCCCCCCCCCC(=O)OC[C@H](COP(=O)(O)OC[C@@H](O)COP(=O)(O)OC[C@@H](COC(=O)CCCCCCCCCCC(C)C)OC(=O)CCCCCCCCCCCCCCCCC)OC(=O)CCCCCCCCCCCCCCCCC(C)CC. The molecule has 0 bridgehead atoms. The van der Waals surface area contributed by atoms with E-state index in [1.807, 2.05) is 0 Å². The van der Waals surface area contributed by atoms with Gasteiger partial charge in [0.2, 0.25) is 0 Å². The lowest BCUT2D eigenvalue weighted by atomic mass is 9.99. The summed E-state index contributed by atoms with van der Waals surface area (Å²) in [5, 5.41) is 10.6. The predicted molar refractivity (Wildman–Crippen MR) is 409 cm³/mol. The summed E-state index contributed by atoms with van der Waals surface area (Å²) in [6.07, 6.45) is 62.3. The maximum absolute atomic E-state index is 13.1. The number of carbonyl (C=O) groups excluding carboxylic acids is 4. The minimum absolute atomic E-state index is 0.108. The van der Waals surface area contributed by atoms with Gasteiger partial charge in [-0.3, -0.25) is 37.3 Å². The number of unbranched alkanes of at least 4 members (excludes halogenated alkanes) is 49. The number of hydrogen-bond acceptors (Lipinski definition) is 15. The highest BCUT2D eigenvalue weighted by atomic mass is 31.2. The number of phosphoric ester groups is 2. The number of carbonyl (C=O) groups is 4. The van der Waals surface area contributed by atoms with Crippen molar-refractivity contribution in [1.82, 2.24) is 0 Å². The van der Waals surface area contributed by atoms with Crippen LogP contribution in [0.25, 0.3) is 0 Å². The van der Waals surface area contributed by atoms with E-state index in [2.05, 4.69) is 41.5 Å². The monoisotopic (exact) mass is 1470 g/mol. The molecule has 19 heteroatoms. The first-order valence-corrected chi connectivity index (χ1v) is 45.0. The van der Waals surface area contributed by atoms with Crippen molar-refractivity contribution in [3.8, 4) is 0 Å². The Hall–Kier alpha value is -1.94. The van der Waals surface area contributed by atoms with Crippen LogP contribution < -0.4 is 0 Å². The molecule has 0 spiro atoms. The lowest BCUT2D eigenvalue weighted by Crippen LogP contribution is -2.30. The van der Waals surface area contributed by atoms with Crippen molar-refractivity contribution in [3.63, 3.8) is 0 Å². The van der Waals surface area contributed by atoms with Crippen molar-refractivity contribution in [2.24, 2.45) is 11.8 Å². The van der Waals surface area contributed by atoms with Crippen LogP contribution in [0, 0.1) is 11.8 Å². The van der Waals surface area contributed by atoms with Gasteiger partial charge in [0.05, 0.1) is 26.4 Å². The smallest absolute Gasteiger partial charge is 0.462 e. The van der Waals surface area contributed by atoms with Gasteiger partial charge in [-0.15, -0.1) is 0 Å². The second kappa shape index (κ2) is 72.6. The number of hydrogen-bond donors (Lipinski definition) is 3. The van der Waals surface area contributed by atoms with Gasteiger partial charge in [-0.05, 0) is 37.5 Å². The molecule has 0 aliphatic carbocycles. The average molecular weight is 1470 g/mol. The van der Waals surface area contributed by atoms with Crippen molar-refractivity contribution >= 4 is 39.5 Å². The molecule has 0 radical (unpaired) electrons. The zero-order valence-electron chi connectivity index (χ0n) is 65.5. The molecule has 0 saturated carbocycles. The molecule has 0 aromatic rings. The van der Waals surface area contributed by atoms with Gasteiger partial charge in [-0.1, -0.05) is 375 Å². The molecule has 100 heavy (non-hydrogen) atoms. The fraction of sp³-hybridized carbons (Fsp3) is 0.951. The van der Waals surface area contributed by atoms with E-state index < -0.39 is 97.5 Å². The van der Waals surface area contributed by atoms with E-state index in [9.17, 15) is 43.2 Å². The Labute approximate surface area is 613 Å². The highest BCUT2D eigenvalue weighted by Gasteiger charge is 2.30. The van der Waals surface area contributed by atoms with E-state index in [0.717, 1.165) is 102 Å². The number of aliphatic hydroxyl groups is 1. The zero-order chi connectivity index (χ0) is 73.5. The Morgan fingerprint density at radius 1 is 0.290 bits per heavy atom. The van der Waals surface area contributed by atoms with Gasteiger partial charge >= 0.3 is 39.5 Å². The van der Waals surface area contributed by atoms with Crippen LogP contribution in [0.15, 0.2) is 0 Å². The number of phosphoric acid groups is 2. The standard InChI is InChI=1S/C81H158O17P2/c1-7-10-12-14-16-18-20-22-24-26-30-34-38-45-51-57-63-78(83)91-69-76(97-80(85)66-60-54-48-40-36-32-28-27-29-33-37-44-50-56-62-74(6)9-3)71-95-99(87,88)93-67-75(82)68-94-100(89,90)96-72-77(70-92-79(84)64-58-52-46-42-41-43-49-55-61-73(4)5)98-81(86)65-59-53-47-39-35-31-25-23-21-19-17-15-13-11-8-2/h73-77,82H,7-72H2,1-6H3,(H,87,88)(H,89,90)/t74?,75-,76-,77-/m1/s1. The maximum atomic E-state index is 13.1. The normalized spacial score (nSPS) is 14.2. The molecule has 6 atom stereocenters. The van der Waals surface area contributed by atoms with Crippen LogP contribution in [-0.2, 0) is 65.4 Å². The predicted octanol–water partition coefficient (Wildman–Crippen LogP) is 24.3. The number of esters is 4. The third kappa shape index (κ3) is 73.0. The molecule has 0 rings (SSSR count). The fourth-order valence-corrected chi connectivity index (χ4v) is 14.1. The lowest BCUT2D eigenvalue weighted by Gasteiger charge is -2.21. The van der Waals surface area contributed by atoms with Crippen molar-refractivity contribution in [2.75, 3.05) is 39.6 Å². The number of ether oxygens (including phenoxy) is 4. The Morgan fingerprint density at radius 3 is 0.760 bits per heavy atom. The van der Waals surface area contributed by atoms with Gasteiger partial charge in [0, 0.05) is 25.7 Å². The van der Waals surface area contributed by atoms with Gasteiger partial charge in [0.1, 0.15) is 19.3 Å². The van der Waals surface area contributed by atoms with Crippen LogP contribution in [0.3, 0.4) is 0 Å². The molecule has 0 heterocycles. The summed E-state index contributed by atoms with van der Waals surface area (Å²) >= 11 is 0. The van der Waals surface area contributed by atoms with Crippen LogP contribution in [0.2, 0.25) is 0 Å². The average Bonchev–Trinajstić information content (AvgIpc) is 0.921. The van der Waals surface area contributed by atoms with Crippen molar-refractivity contribution in [3.05, 3.63) is 0 Å². The molecule has 0 aromatic heterocycles. The van der Waals surface area contributed by atoms with E-state index in [-0.39, 0.29) is 25.7 Å². The molecular weight excluding hydrogens is 1310 g/mol. The Bertz CT molecular complexity index is 1930. The van der Waals surface area contributed by atoms with Crippen molar-refractivity contribution in [1.29, 1.82) is 0 Å². The third-order valence-electron chi connectivity index (χ3n) is 19.3. The van der Waals surface area contributed by atoms with Gasteiger partial charge in [-0.25, -0.2) is 9.13 Å². The molecule has 0 aliphatic rings. The van der Waals surface area contributed by atoms with E-state index in [1.165, 1.54) is 244 Å². The summed E-state index contributed by atoms with van der Waals surface area (Å²) < 4.78 is 68.7. The quantitative estimate of drug-likeness (QED) is 0.0222. The first kappa shape index (κ1) is 98.1. The van der Waals surface area contributed by atoms with Crippen LogP contribution in [0.4, 0.5) is 0 Å². The molecule has 0 fully saturated rings. The molecule has 0 saturated heterocycles. The van der Waals surface area contributed by atoms with Crippen LogP contribution in [-0.4, -0.2) is 96.7 Å². The second-order valence-electron chi connectivity index (χ2n) is 29.9. The summed E-state index contributed by atoms with van der Waals surface area (Å²) in [5.74, 6) is -0.535. The molecule has 0 amide bonds. The molecule has 3 unspecified atom stereocenters. The Kier molecular flexibility index (Phi) is 71.2. The number of aliphatic hydroxyl groups excluding tert-OH is 1. The second-order valence-corrected chi connectivity index (χ2v) is 32.8. The van der Waals surface area contributed by atoms with Crippen molar-refractivity contribution < 1.29 is 80.2 Å². The minimum atomic E-state index is -4.96. The Balaban J connectivity index is 5.26. The summed E-state index contributed by atoms with van der Waals surface area (Å²) in [4.78, 5) is 73.1. The van der Waals surface area contributed by atoms with Gasteiger partial charge < -0.3 is 33.8 Å². The summed E-state index contributed by atoms with van der Waals surface area (Å²) in [6, 6.07) is 0. The largest absolute Gasteiger partial charge is 0.472 e. The van der Waals surface area contributed by atoms with Crippen LogP contribution >= 0.6 is 15.6 Å². The zero-order valence-corrected chi connectivity index (χ0v) is 67.3.